The predicted octanol–water partition coefficient (Wildman–Crippen LogP) is 0.955. The minimum Gasteiger partial charge on any atom is -0.352 e. The van der Waals surface area contributed by atoms with Gasteiger partial charge in [0.15, 0.2) is 11.6 Å². The summed E-state index contributed by atoms with van der Waals surface area (Å²) >= 11 is 5.68. The van der Waals surface area contributed by atoms with E-state index in [1.807, 2.05) is 4.90 Å². The van der Waals surface area contributed by atoms with Crippen LogP contribution in [0.5, 0.6) is 0 Å². The third kappa shape index (κ3) is 3.06. The van der Waals surface area contributed by atoms with Gasteiger partial charge in [-0.05, 0) is 6.07 Å². The zero-order valence-corrected chi connectivity index (χ0v) is 10.3. The zero-order valence-electron chi connectivity index (χ0n) is 9.57. The van der Waals surface area contributed by atoms with Crippen molar-refractivity contribution in [1.82, 2.24) is 9.88 Å². The summed E-state index contributed by atoms with van der Waals surface area (Å²) in [5.41, 5.74) is 5.50. The first-order chi connectivity index (χ1) is 8.20. The third-order valence-corrected chi connectivity index (χ3v) is 3.11. The molecule has 2 N–H and O–H groups in total. The summed E-state index contributed by atoms with van der Waals surface area (Å²) in [5.74, 6) is 0.0339. The molecule has 2 rings (SSSR count). The van der Waals surface area contributed by atoms with Gasteiger partial charge in [0.1, 0.15) is 0 Å². The molecule has 94 valence electrons. The van der Waals surface area contributed by atoms with Gasteiger partial charge >= 0.3 is 0 Å². The van der Waals surface area contributed by atoms with E-state index in [-0.39, 0.29) is 5.82 Å². The van der Waals surface area contributed by atoms with Crippen molar-refractivity contribution < 1.29 is 4.39 Å². The highest BCUT2D eigenvalue weighted by atomic mass is 35.5. The van der Waals surface area contributed by atoms with Gasteiger partial charge < -0.3 is 10.6 Å². The van der Waals surface area contributed by atoms with E-state index in [4.69, 9.17) is 17.3 Å². The molecule has 0 aromatic carbocycles. The Morgan fingerprint density at radius 3 is 2.65 bits per heavy atom. The molecule has 0 amide bonds. The van der Waals surface area contributed by atoms with Crippen LogP contribution in [0.4, 0.5) is 10.2 Å². The Morgan fingerprint density at radius 2 is 2.06 bits per heavy atom. The van der Waals surface area contributed by atoms with Gasteiger partial charge in [0, 0.05) is 45.5 Å². The first-order valence-corrected chi connectivity index (χ1v) is 6.07. The minimum absolute atomic E-state index is 0.327. The first-order valence-electron chi connectivity index (χ1n) is 5.69. The number of pyridine rings is 1. The van der Waals surface area contributed by atoms with Gasteiger partial charge in [-0.15, -0.1) is 0 Å². The summed E-state index contributed by atoms with van der Waals surface area (Å²) in [5, 5.41) is 0.327. The molecule has 17 heavy (non-hydrogen) atoms. The maximum Gasteiger partial charge on any atom is 0.167 e. The highest BCUT2D eigenvalue weighted by Crippen LogP contribution is 2.20. The van der Waals surface area contributed by atoms with Crippen LogP contribution in [0.25, 0.3) is 0 Å². The number of aromatic nitrogens is 1. The van der Waals surface area contributed by atoms with Crippen molar-refractivity contribution in [2.75, 3.05) is 44.2 Å². The van der Waals surface area contributed by atoms with Crippen molar-refractivity contribution in [3.63, 3.8) is 0 Å². The van der Waals surface area contributed by atoms with Crippen molar-refractivity contribution in [2.24, 2.45) is 5.73 Å². The molecule has 1 aromatic heterocycles. The molecular weight excluding hydrogens is 243 g/mol. The molecule has 6 heteroatoms. The fraction of sp³-hybridized carbons (Fsp3) is 0.545. The van der Waals surface area contributed by atoms with E-state index < -0.39 is 0 Å². The van der Waals surface area contributed by atoms with Crippen LogP contribution in [-0.4, -0.2) is 49.2 Å². The van der Waals surface area contributed by atoms with E-state index in [9.17, 15) is 4.39 Å². The Morgan fingerprint density at radius 1 is 1.35 bits per heavy atom. The van der Waals surface area contributed by atoms with E-state index in [1.54, 1.807) is 0 Å². The SMILES string of the molecule is NCCN1CCN(c2ncc(Cl)cc2F)CC1. The van der Waals surface area contributed by atoms with E-state index >= 15 is 0 Å². The lowest BCUT2D eigenvalue weighted by Crippen LogP contribution is -2.48. The Kier molecular flexibility index (Phi) is 4.15. The molecule has 0 spiro atoms. The summed E-state index contributed by atoms with van der Waals surface area (Å²) in [6.45, 7) is 4.87. The maximum absolute atomic E-state index is 13.7. The van der Waals surface area contributed by atoms with Crippen LogP contribution in [0.3, 0.4) is 0 Å². The number of hydrogen-bond donors (Lipinski definition) is 1. The van der Waals surface area contributed by atoms with Crippen molar-refractivity contribution in [2.45, 2.75) is 0 Å². The molecule has 1 aliphatic heterocycles. The van der Waals surface area contributed by atoms with Gasteiger partial charge in [-0.1, -0.05) is 11.6 Å². The van der Waals surface area contributed by atoms with Crippen LogP contribution >= 0.6 is 11.6 Å². The minimum atomic E-state index is -0.357. The number of anilines is 1. The molecule has 1 aromatic rings. The number of hydrogen-bond acceptors (Lipinski definition) is 4. The molecule has 0 atom stereocenters. The monoisotopic (exact) mass is 258 g/mol. The molecule has 0 aliphatic carbocycles. The summed E-state index contributed by atoms with van der Waals surface area (Å²) in [6, 6.07) is 1.30. The van der Waals surface area contributed by atoms with E-state index in [1.165, 1.54) is 12.3 Å². The van der Waals surface area contributed by atoms with Crippen molar-refractivity contribution in [3.05, 3.63) is 23.1 Å². The summed E-state index contributed by atoms with van der Waals surface area (Å²) in [4.78, 5) is 8.26. The van der Waals surface area contributed by atoms with Crippen molar-refractivity contribution >= 4 is 17.4 Å². The predicted molar refractivity (Wildman–Crippen MR) is 66.9 cm³/mol. The quantitative estimate of drug-likeness (QED) is 0.877. The van der Waals surface area contributed by atoms with E-state index in [2.05, 4.69) is 9.88 Å². The Bertz CT molecular complexity index is 380. The molecule has 0 radical (unpaired) electrons. The molecule has 0 bridgehead atoms. The van der Waals surface area contributed by atoms with Crippen LogP contribution in [0.2, 0.25) is 5.02 Å². The maximum atomic E-state index is 13.7. The van der Waals surface area contributed by atoms with Gasteiger partial charge in [0.25, 0.3) is 0 Å². The number of halogens is 2. The Hall–Kier alpha value is -0.910. The summed E-state index contributed by atoms with van der Waals surface area (Å²) < 4.78 is 13.7. The molecule has 4 nitrogen and oxygen atoms in total. The number of nitrogens with zero attached hydrogens (tertiary/aromatic N) is 3. The van der Waals surface area contributed by atoms with Crippen LogP contribution in [-0.2, 0) is 0 Å². The molecule has 2 heterocycles. The Balaban J connectivity index is 2.00. The largest absolute Gasteiger partial charge is 0.352 e. The highest BCUT2D eigenvalue weighted by molar-refractivity contribution is 6.30. The van der Waals surface area contributed by atoms with Crippen LogP contribution in [0.1, 0.15) is 0 Å². The first kappa shape index (κ1) is 12.5. The second-order valence-corrected chi connectivity index (χ2v) is 4.51. The van der Waals surface area contributed by atoms with Gasteiger partial charge in [-0.25, -0.2) is 9.37 Å². The van der Waals surface area contributed by atoms with Gasteiger partial charge in [-0.3, -0.25) is 4.90 Å². The normalized spacial score (nSPS) is 17.5. The lowest BCUT2D eigenvalue weighted by Gasteiger charge is -2.35. The standard InChI is InChI=1S/C11H16ClFN4/c12-9-7-10(13)11(15-8-9)17-5-3-16(2-1-14)4-6-17/h7-8H,1-6,14H2. The molecular formula is C11H16ClFN4. The van der Waals surface area contributed by atoms with Crippen LogP contribution in [0, 0.1) is 5.82 Å². The summed E-state index contributed by atoms with van der Waals surface area (Å²) in [7, 11) is 0. The van der Waals surface area contributed by atoms with Crippen LogP contribution in [0.15, 0.2) is 12.3 Å². The second kappa shape index (κ2) is 5.62. The fourth-order valence-electron chi connectivity index (χ4n) is 2.01. The number of rotatable bonds is 3. The summed E-state index contributed by atoms with van der Waals surface area (Å²) in [6.07, 6.45) is 1.48. The lowest BCUT2D eigenvalue weighted by molar-refractivity contribution is 0.263. The van der Waals surface area contributed by atoms with Crippen LogP contribution < -0.4 is 10.6 Å². The third-order valence-electron chi connectivity index (χ3n) is 2.91. The van der Waals surface area contributed by atoms with Crippen molar-refractivity contribution in [1.29, 1.82) is 0 Å². The Labute approximate surface area is 105 Å². The fourth-order valence-corrected chi connectivity index (χ4v) is 2.15. The molecule has 1 aliphatic rings. The average molecular weight is 259 g/mol. The van der Waals surface area contributed by atoms with Crippen molar-refractivity contribution in [3.8, 4) is 0 Å². The second-order valence-electron chi connectivity index (χ2n) is 4.08. The molecule has 1 saturated heterocycles. The lowest BCUT2D eigenvalue weighted by atomic mass is 10.3. The topological polar surface area (TPSA) is 45.4 Å². The van der Waals surface area contributed by atoms with E-state index in [0.717, 1.165) is 32.7 Å². The molecule has 0 saturated carbocycles. The van der Waals surface area contributed by atoms with Gasteiger partial charge in [0.2, 0.25) is 0 Å². The van der Waals surface area contributed by atoms with Gasteiger partial charge in [-0.2, -0.15) is 0 Å². The van der Waals surface area contributed by atoms with E-state index in [0.29, 0.717) is 17.4 Å². The number of piperazine rings is 1. The highest BCUT2D eigenvalue weighted by Gasteiger charge is 2.19. The smallest absolute Gasteiger partial charge is 0.167 e. The van der Waals surface area contributed by atoms with Gasteiger partial charge in [0.05, 0.1) is 5.02 Å². The number of nitrogens with two attached hydrogens (primary N) is 1. The zero-order chi connectivity index (χ0) is 12.3. The molecule has 1 fully saturated rings. The molecule has 0 unspecified atom stereocenters. The average Bonchev–Trinajstić information content (AvgIpc) is 2.31.